The summed E-state index contributed by atoms with van der Waals surface area (Å²) in [6, 6.07) is 3.61. The number of pyridine rings is 1. The van der Waals surface area contributed by atoms with Gasteiger partial charge in [-0.2, -0.15) is 4.98 Å². The molecular formula is C11H17N3O3S. The minimum absolute atomic E-state index is 0.134. The lowest BCUT2D eigenvalue weighted by atomic mass is 10.1. The second-order valence-corrected chi connectivity index (χ2v) is 6.67. The van der Waals surface area contributed by atoms with Crippen LogP contribution in [0.1, 0.15) is 12.8 Å². The van der Waals surface area contributed by atoms with E-state index in [0.29, 0.717) is 30.2 Å². The van der Waals surface area contributed by atoms with Crippen LogP contribution in [-0.4, -0.2) is 38.1 Å². The number of aromatic nitrogens is 1. The number of nitrogens with two attached hydrogens (primary N) is 1. The van der Waals surface area contributed by atoms with Crippen molar-refractivity contribution in [3.8, 4) is 5.88 Å². The molecule has 3 N–H and O–H groups in total. The number of sulfone groups is 1. The molecule has 2 heterocycles. The maximum atomic E-state index is 11.3. The highest BCUT2D eigenvalue weighted by atomic mass is 32.2. The molecule has 0 unspecified atom stereocenters. The van der Waals surface area contributed by atoms with Crippen LogP contribution in [-0.2, 0) is 9.84 Å². The molecule has 6 nitrogen and oxygen atoms in total. The predicted molar refractivity (Wildman–Crippen MR) is 70.5 cm³/mol. The summed E-state index contributed by atoms with van der Waals surface area (Å²) in [5, 5.41) is 3.21. The van der Waals surface area contributed by atoms with Gasteiger partial charge in [0.25, 0.3) is 0 Å². The van der Waals surface area contributed by atoms with Crippen molar-refractivity contribution in [2.24, 2.45) is 0 Å². The minimum atomic E-state index is -2.83. The van der Waals surface area contributed by atoms with Crippen LogP contribution in [0.3, 0.4) is 0 Å². The molecule has 0 saturated carbocycles. The standard InChI is InChI=1S/C11H17N3O3S/c1-17-11-9(12)2-3-10(14-11)13-8-4-6-18(15,16)7-5-8/h2-3,8H,4-7,12H2,1H3,(H,13,14). The third kappa shape index (κ3) is 3.04. The molecule has 0 aromatic carbocycles. The summed E-state index contributed by atoms with van der Waals surface area (Å²) in [6.45, 7) is 0. The van der Waals surface area contributed by atoms with Crippen LogP contribution in [0.4, 0.5) is 11.5 Å². The van der Waals surface area contributed by atoms with Gasteiger partial charge in [0.05, 0.1) is 24.3 Å². The number of nitrogen functional groups attached to an aromatic ring is 1. The fourth-order valence-electron chi connectivity index (χ4n) is 1.94. The Morgan fingerprint density at radius 3 is 2.67 bits per heavy atom. The summed E-state index contributed by atoms with van der Waals surface area (Å²) in [5.74, 6) is 1.50. The molecule has 1 aliphatic heterocycles. The third-order valence-corrected chi connectivity index (χ3v) is 4.71. The average Bonchev–Trinajstić information content (AvgIpc) is 2.34. The normalized spacial score (nSPS) is 19.4. The zero-order chi connectivity index (χ0) is 13.2. The maximum absolute atomic E-state index is 11.3. The molecule has 0 amide bonds. The summed E-state index contributed by atoms with van der Waals surface area (Å²) in [5.41, 5.74) is 6.15. The summed E-state index contributed by atoms with van der Waals surface area (Å²) < 4.78 is 27.7. The first-order valence-electron chi connectivity index (χ1n) is 5.77. The molecule has 0 bridgehead atoms. The number of nitrogens with one attached hydrogen (secondary N) is 1. The number of ether oxygens (including phenoxy) is 1. The van der Waals surface area contributed by atoms with Crippen molar-refractivity contribution < 1.29 is 13.2 Å². The summed E-state index contributed by atoms with van der Waals surface area (Å²) in [4.78, 5) is 4.21. The average molecular weight is 271 g/mol. The van der Waals surface area contributed by atoms with E-state index in [2.05, 4.69) is 10.3 Å². The van der Waals surface area contributed by atoms with Gasteiger partial charge in [-0.15, -0.1) is 0 Å². The number of nitrogens with zero attached hydrogens (tertiary/aromatic N) is 1. The molecule has 2 rings (SSSR count). The van der Waals surface area contributed by atoms with E-state index < -0.39 is 9.84 Å². The van der Waals surface area contributed by atoms with Gasteiger partial charge < -0.3 is 15.8 Å². The van der Waals surface area contributed by atoms with E-state index in [1.165, 1.54) is 7.11 Å². The molecule has 1 saturated heterocycles. The quantitative estimate of drug-likeness (QED) is 0.838. The van der Waals surface area contributed by atoms with Gasteiger partial charge in [0.2, 0.25) is 5.88 Å². The zero-order valence-electron chi connectivity index (χ0n) is 10.2. The van der Waals surface area contributed by atoms with Crippen LogP contribution in [0.25, 0.3) is 0 Å². The Balaban J connectivity index is 2.02. The Bertz CT molecular complexity index is 516. The lowest BCUT2D eigenvalue weighted by Gasteiger charge is -2.23. The molecule has 1 aliphatic rings. The molecule has 1 fully saturated rings. The molecule has 1 aromatic heterocycles. The van der Waals surface area contributed by atoms with Crippen LogP contribution >= 0.6 is 0 Å². The van der Waals surface area contributed by atoms with Gasteiger partial charge in [0.1, 0.15) is 15.7 Å². The van der Waals surface area contributed by atoms with Crippen molar-refractivity contribution in [3.63, 3.8) is 0 Å². The van der Waals surface area contributed by atoms with Crippen LogP contribution in [0.5, 0.6) is 5.88 Å². The molecule has 0 spiro atoms. The number of hydrogen-bond acceptors (Lipinski definition) is 6. The van der Waals surface area contributed by atoms with Gasteiger partial charge in [0, 0.05) is 6.04 Å². The van der Waals surface area contributed by atoms with E-state index in [0.717, 1.165) is 0 Å². The van der Waals surface area contributed by atoms with Gasteiger partial charge in [-0.25, -0.2) is 8.42 Å². The summed E-state index contributed by atoms with van der Waals surface area (Å²) in [7, 11) is -1.32. The molecular weight excluding hydrogens is 254 g/mol. The van der Waals surface area contributed by atoms with E-state index >= 15 is 0 Å². The number of methoxy groups -OCH3 is 1. The van der Waals surface area contributed by atoms with Gasteiger partial charge in [-0.3, -0.25) is 0 Å². The molecule has 7 heteroatoms. The van der Waals surface area contributed by atoms with Crippen LogP contribution in [0.15, 0.2) is 12.1 Å². The van der Waals surface area contributed by atoms with Crippen molar-refractivity contribution in [2.75, 3.05) is 29.7 Å². The van der Waals surface area contributed by atoms with E-state index in [9.17, 15) is 8.42 Å². The van der Waals surface area contributed by atoms with Gasteiger partial charge >= 0.3 is 0 Å². The predicted octanol–water partition coefficient (Wildman–Crippen LogP) is 0.661. The molecule has 1 aromatic rings. The van der Waals surface area contributed by atoms with Crippen molar-refractivity contribution in [1.29, 1.82) is 0 Å². The van der Waals surface area contributed by atoms with Gasteiger partial charge in [0.15, 0.2) is 0 Å². The minimum Gasteiger partial charge on any atom is -0.479 e. The summed E-state index contributed by atoms with van der Waals surface area (Å²) >= 11 is 0. The second kappa shape index (κ2) is 5.01. The largest absolute Gasteiger partial charge is 0.479 e. The Morgan fingerprint density at radius 2 is 2.06 bits per heavy atom. The molecule has 100 valence electrons. The molecule has 0 atom stereocenters. The van der Waals surface area contributed by atoms with Crippen molar-refractivity contribution >= 4 is 21.3 Å². The Hall–Kier alpha value is -1.50. The van der Waals surface area contributed by atoms with E-state index in [1.807, 2.05) is 0 Å². The molecule has 18 heavy (non-hydrogen) atoms. The van der Waals surface area contributed by atoms with Crippen molar-refractivity contribution in [1.82, 2.24) is 4.98 Å². The first-order chi connectivity index (χ1) is 8.50. The monoisotopic (exact) mass is 271 g/mol. The zero-order valence-corrected chi connectivity index (χ0v) is 11.0. The van der Waals surface area contributed by atoms with Gasteiger partial charge in [-0.1, -0.05) is 0 Å². The number of rotatable bonds is 3. The van der Waals surface area contributed by atoms with E-state index in [-0.39, 0.29) is 17.5 Å². The van der Waals surface area contributed by atoms with Gasteiger partial charge in [-0.05, 0) is 25.0 Å². The first-order valence-corrected chi connectivity index (χ1v) is 7.60. The highest BCUT2D eigenvalue weighted by molar-refractivity contribution is 7.91. The smallest absolute Gasteiger partial charge is 0.238 e. The van der Waals surface area contributed by atoms with Crippen LogP contribution in [0.2, 0.25) is 0 Å². The second-order valence-electron chi connectivity index (χ2n) is 4.37. The topological polar surface area (TPSA) is 94.3 Å². The highest BCUT2D eigenvalue weighted by Gasteiger charge is 2.23. The number of hydrogen-bond donors (Lipinski definition) is 2. The maximum Gasteiger partial charge on any atom is 0.238 e. The first kappa shape index (κ1) is 12.9. The van der Waals surface area contributed by atoms with E-state index in [1.54, 1.807) is 12.1 Å². The Kier molecular flexibility index (Phi) is 3.60. The number of anilines is 2. The van der Waals surface area contributed by atoms with Crippen LogP contribution in [0, 0.1) is 0 Å². The SMILES string of the molecule is COc1nc(NC2CCS(=O)(=O)CC2)ccc1N. The van der Waals surface area contributed by atoms with Crippen molar-refractivity contribution in [3.05, 3.63) is 12.1 Å². The van der Waals surface area contributed by atoms with E-state index in [4.69, 9.17) is 10.5 Å². The van der Waals surface area contributed by atoms with Crippen LogP contribution < -0.4 is 15.8 Å². The Morgan fingerprint density at radius 1 is 1.39 bits per heavy atom. The fraction of sp³-hybridized carbons (Fsp3) is 0.545. The fourth-order valence-corrected chi connectivity index (χ4v) is 3.43. The third-order valence-electron chi connectivity index (χ3n) is 2.99. The molecule has 0 radical (unpaired) electrons. The lowest BCUT2D eigenvalue weighted by molar-refractivity contribution is 0.400. The summed E-state index contributed by atoms with van der Waals surface area (Å²) in [6.07, 6.45) is 1.22. The highest BCUT2D eigenvalue weighted by Crippen LogP contribution is 2.22. The Labute approximate surface area is 106 Å². The lowest BCUT2D eigenvalue weighted by Crippen LogP contribution is -2.32. The van der Waals surface area contributed by atoms with Crippen molar-refractivity contribution in [2.45, 2.75) is 18.9 Å². The molecule has 0 aliphatic carbocycles.